The second-order valence-electron chi connectivity index (χ2n) is 24.4. The first-order chi connectivity index (χ1) is 47.2. The van der Waals surface area contributed by atoms with E-state index in [4.69, 9.17) is 18.9 Å². The number of rotatable bonds is 4. The molecule has 13 aliphatic heterocycles. The van der Waals surface area contributed by atoms with Crippen LogP contribution in [0.2, 0.25) is 0 Å². The molecule has 14 aromatic carbocycles. The zero-order valence-corrected chi connectivity index (χ0v) is 54.0. The average Bonchev–Trinajstić information content (AvgIpc) is 0.764. The lowest BCUT2D eigenvalue weighted by atomic mass is 9.83. The summed E-state index contributed by atoms with van der Waals surface area (Å²) in [5.74, 6) is 6.09. The smallest absolute Gasteiger partial charge is 0.127 e. The third-order valence-corrected chi connectivity index (χ3v) is 18.5. The number of benzene rings is 14. The summed E-state index contributed by atoms with van der Waals surface area (Å²) in [4.78, 5) is 0. The zero-order chi connectivity index (χ0) is 64.9. The molecule has 0 N–H and O–H groups in total. The first kappa shape index (κ1) is 60.0. The minimum atomic E-state index is 0.758. The molecule has 0 saturated carbocycles. The molecule has 27 rings (SSSR count). The third kappa shape index (κ3) is 12.6. The molecule has 0 amide bonds. The molecular formula is C92H68O4. The van der Waals surface area contributed by atoms with Gasteiger partial charge in [-0.15, -0.1) is 0 Å². The second-order valence-corrected chi connectivity index (χ2v) is 24.4. The Balaban J connectivity index is 0.773. The van der Waals surface area contributed by atoms with Gasteiger partial charge in [-0.25, -0.2) is 0 Å². The lowest BCUT2D eigenvalue weighted by Gasteiger charge is -2.21. The predicted molar refractivity (Wildman–Crippen MR) is 399 cm³/mol. The maximum atomic E-state index is 6.53. The van der Waals surface area contributed by atoms with Crippen molar-refractivity contribution in [1.82, 2.24) is 0 Å². The summed E-state index contributed by atoms with van der Waals surface area (Å²) in [5.41, 5.74) is 27.2. The van der Waals surface area contributed by atoms with Crippen molar-refractivity contribution in [2.24, 2.45) is 0 Å². The van der Waals surface area contributed by atoms with E-state index in [9.17, 15) is 0 Å². The Bertz CT molecular complexity index is 4460. The van der Waals surface area contributed by atoms with Gasteiger partial charge in [0, 0.05) is 0 Å². The third-order valence-electron chi connectivity index (χ3n) is 18.5. The van der Waals surface area contributed by atoms with Crippen LogP contribution in [0.1, 0.15) is 49.9 Å². The maximum Gasteiger partial charge on any atom is 0.127 e. The minimum absolute atomic E-state index is 0.758. The van der Waals surface area contributed by atoms with E-state index in [0.717, 1.165) is 157 Å². The summed E-state index contributed by atoms with van der Waals surface area (Å²) in [7, 11) is 0. The van der Waals surface area contributed by atoms with E-state index in [0.29, 0.717) is 0 Å². The van der Waals surface area contributed by atoms with E-state index in [-0.39, 0.29) is 0 Å². The summed E-state index contributed by atoms with van der Waals surface area (Å²) in [5, 5.41) is 0. The Hall–Kier alpha value is -12.2. The fraction of sp³-hybridized carbons (Fsp3) is 0.0435. The highest BCUT2D eigenvalue weighted by Gasteiger charge is 2.22. The van der Waals surface area contributed by atoms with Gasteiger partial charge < -0.3 is 18.9 Å². The number of hydrogen-bond acceptors (Lipinski definition) is 4. The normalized spacial score (nSPS) is 13.7. The molecule has 0 aliphatic carbocycles. The summed E-state index contributed by atoms with van der Waals surface area (Å²) < 4.78 is 26.1. The molecule has 13 aliphatic rings. The minimum Gasteiger partial charge on any atom is -0.457 e. The topological polar surface area (TPSA) is 36.9 Å². The first-order valence-electron chi connectivity index (χ1n) is 32.7. The highest BCUT2D eigenvalue weighted by atomic mass is 16.5. The summed E-state index contributed by atoms with van der Waals surface area (Å²) in [6, 6.07) is 119. The molecule has 20 bridgehead atoms. The van der Waals surface area contributed by atoms with Crippen molar-refractivity contribution in [2.45, 2.75) is 27.7 Å². The SMILES string of the molecule is C/C1=C(\C)c2ccc(cc2)Oc2ccc(cc2)-c2ccc(c(-c3ccccc3)c2-c2ccccc2)-c2ccc(cc2)Oc2ccc(cc2)/C(C)=C(/C)c2ccc(cc2)Oc2ccc(cc2)-c2ccc(c(-c3ccccc3)c2-c2ccccc2)-c2ccc(cc2)Oc2ccc1cc2. The van der Waals surface area contributed by atoms with Crippen LogP contribution < -0.4 is 18.9 Å². The molecule has 0 aromatic heterocycles. The maximum absolute atomic E-state index is 6.53. The molecule has 4 heteroatoms. The lowest BCUT2D eigenvalue weighted by Crippen LogP contribution is -1.95. The Morgan fingerprint density at radius 2 is 0.281 bits per heavy atom. The summed E-state index contributed by atoms with van der Waals surface area (Å²) in [6.45, 7) is 8.70. The summed E-state index contributed by atoms with van der Waals surface area (Å²) >= 11 is 0. The average molecular weight is 1240 g/mol. The largest absolute Gasteiger partial charge is 0.457 e. The van der Waals surface area contributed by atoms with Crippen LogP contribution in [0.4, 0.5) is 0 Å². The van der Waals surface area contributed by atoms with Gasteiger partial charge in [0.05, 0.1) is 0 Å². The van der Waals surface area contributed by atoms with E-state index in [1.165, 1.54) is 22.3 Å². The van der Waals surface area contributed by atoms with Crippen molar-refractivity contribution in [2.75, 3.05) is 0 Å². The van der Waals surface area contributed by atoms with Crippen molar-refractivity contribution < 1.29 is 18.9 Å². The van der Waals surface area contributed by atoms with E-state index in [2.05, 4.69) is 319 Å². The standard InChI is InChI=1S/C92H68O4/c1-61-62(2)66-27-43-78(44-28-66)94-82-51-35-70(36-52-82)86-59-60-88(92(76-23-15-8-16-24-76)90(86)74-19-11-6-12-20-74)72-39-55-84(56-40-72)96-80-47-31-68(32-48-80)64(4)63(3)67-29-45-79(46-30-67)95-83-53-37-71(38-54-83)87-58-57-85(69-33-49-81(50-34-69)93-77-41-25-65(61)26-42-77)89(73-17-9-5-10-18-73)91(87)75-21-13-7-14-22-75/h5-60H,1-4H3/b62-61-,64-63-. The van der Waals surface area contributed by atoms with Crippen molar-refractivity contribution in [3.05, 3.63) is 362 Å². The van der Waals surface area contributed by atoms with Gasteiger partial charge in [0.1, 0.15) is 46.0 Å². The first-order valence-corrected chi connectivity index (χ1v) is 32.7. The van der Waals surface area contributed by atoms with Crippen LogP contribution in [0.3, 0.4) is 0 Å². The predicted octanol–water partition coefficient (Wildman–Crippen LogP) is 26.4. The fourth-order valence-electron chi connectivity index (χ4n) is 13.1. The van der Waals surface area contributed by atoms with E-state index in [1.807, 2.05) is 48.5 Å². The summed E-state index contributed by atoms with van der Waals surface area (Å²) in [6.07, 6.45) is 0. The van der Waals surface area contributed by atoms with Crippen LogP contribution in [-0.4, -0.2) is 0 Å². The monoisotopic (exact) mass is 1240 g/mol. The van der Waals surface area contributed by atoms with Crippen molar-refractivity contribution in [1.29, 1.82) is 0 Å². The molecule has 460 valence electrons. The van der Waals surface area contributed by atoms with E-state index in [1.54, 1.807) is 0 Å². The van der Waals surface area contributed by atoms with Gasteiger partial charge in [0.25, 0.3) is 0 Å². The van der Waals surface area contributed by atoms with Gasteiger partial charge in [-0.05, 0) is 258 Å². The van der Waals surface area contributed by atoms with Crippen LogP contribution in [0.15, 0.2) is 340 Å². The second kappa shape index (κ2) is 26.8. The van der Waals surface area contributed by atoms with Crippen LogP contribution in [0.5, 0.6) is 46.0 Å². The van der Waals surface area contributed by atoms with Gasteiger partial charge in [-0.2, -0.15) is 0 Å². The van der Waals surface area contributed by atoms with Crippen LogP contribution in [0, 0.1) is 0 Å². The van der Waals surface area contributed by atoms with Crippen LogP contribution in [0.25, 0.3) is 111 Å². The number of allylic oxidation sites excluding steroid dienone is 4. The highest BCUT2D eigenvalue weighted by molar-refractivity contribution is 6.03. The van der Waals surface area contributed by atoms with Gasteiger partial charge in [0.15, 0.2) is 0 Å². The lowest BCUT2D eigenvalue weighted by molar-refractivity contribution is 0.482. The quantitative estimate of drug-likeness (QED) is 0.176. The van der Waals surface area contributed by atoms with E-state index >= 15 is 0 Å². The van der Waals surface area contributed by atoms with Crippen LogP contribution in [-0.2, 0) is 0 Å². The van der Waals surface area contributed by atoms with Gasteiger partial charge >= 0.3 is 0 Å². The number of ether oxygens (including phenoxy) is 4. The molecular weight excluding hydrogens is 1170 g/mol. The molecule has 13 heterocycles. The molecule has 96 heavy (non-hydrogen) atoms. The molecule has 0 saturated heterocycles. The van der Waals surface area contributed by atoms with Crippen molar-refractivity contribution in [3.8, 4) is 135 Å². The van der Waals surface area contributed by atoms with Crippen molar-refractivity contribution >= 4 is 22.3 Å². The molecule has 0 spiro atoms. The Kier molecular flexibility index (Phi) is 16.7. The molecule has 0 fully saturated rings. The van der Waals surface area contributed by atoms with Gasteiger partial charge in [0.2, 0.25) is 0 Å². The Morgan fingerprint density at radius 3 is 0.438 bits per heavy atom. The Morgan fingerprint density at radius 1 is 0.135 bits per heavy atom. The molecule has 0 atom stereocenters. The molecule has 14 aromatic rings. The van der Waals surface area contributed by atoms with Gasteiger partial charge in [-0.1, -0.05) is 243 Å². The highest BCUT2D eigenvalue weighted by Crippen LogP contribution is 2.49. The van der Waals surface area contributed by atoms with Crippen molar-refractivity contribution in [3.63, 3.8) is 0 Å². The number of hydrogen-bond donors (Lipinski definition) is 0. The molecule has 4 nitrogen and oxygen atoms in total. The fourth-order valence-corrected chi connectivity index (χ4v) is 13.1. The van der Waals surface area contributed by atoms with Crippen LogP contribution >= 0.6 is 0 Å². The zero-order valence-electron chi connectivity index (χ0n) is 54.0. The molecule has 0 radical (unpaired) electrons. The Labute approximate surface area is 562 Å². The van der Waals surface area contributed by atoms with E-state index < -0.39 is 0 Å². The van der Waals surface area contributed by atoms with Gasteiger partial charge in [-0.3, -0.25) is 0 Å². The molecule has 0 unspecified atom stereocenters.